The Balaban J connectivity index is 2.47. The van der Waals surface area contributed by atoms with Gasteiger partial charge in [0, 0.05) is 6.42 Å². The zero-order chi connectivity index (χ0) is 8.10. The van der Waals surface area contributed by atoms with Gasteiger partial charge in [0.25, 0.3) is 0 Å². The molecule has 1 aliphatic rings. The molecule has 0 fully saturated rings. The quantitative estimate of drug-likeness (QED) is 0.640. The van der Waals surface area contributed by atoms with E-state index in [1.165, 1.54) is 0 Å². The highest BCUT2D eigenvalue weighted by Gasteiger charge is 2.10. The molecule has 1 aliphatic carbocycles. The van der Waals surface area contributed by atoms with Crippen LogP contribution in [0.2, 0.25) is 0 Å². The molecule has 0 saturated heterocycles. The van der Waals surface area contributed by atoms with Crippen molar-refractivity contribution >= 4 is 5.78 Å². The number of aliphatic hydroxyl groups excluding tert-OH is 1. The van der Waals surface area contributed by atoms with E-state index in [1.54, 1.807) is 18.2 Å². The van der Waals surface area contributed by atoms with Gasteiger partial charge >= 0.3 is 0 Å². The number of rotatable bonds is 3. The molecule has 3 heteroatoms. The lowest BCUT2D eigenvalue weighted by atomic mass is 10.1. The Morgan fingerprint density at radius 3 is 3.09 bits per heavy atom. The molecule has 0 spiro atoms. The molecule has 1 rings (SSSR count). The Labute approximate surface area is 65.0 Å². The summed E-state index contributed by atoms with van der Waals surface area (Å²) in [6, 6.07) is 0. The first-order valence-electron chi connectivity index (χ1n) is 3.48. The molecule has 0 heterocycles. The zero-order valence-electron chi connectivity index (χ0n) is 6.12. The molecule has 0 atom stereocenters. The number of Topliss-reactive ketones (excluding diaryl/α,β-unsaturated/α-hetero) is 1. The van der Waals surface area contributed by atoms with Crippen LogP contribution in [0.4, 0.5) is 0 Å². The molecule has 11 heavy (non-hydrogen) atoms. The Morgan fingerprint density at radius 2 is 2.45 bits per heavy atom. The van der Waals surface area contributed by atoms with E-state index in [0.29, 0.717) is 12.2 Å². The first kappa shape index (κ1) is 8.01. The van der Waals surface area contributed by atoms with Gasteiger partial charge in [0.1, 0.15) is 6.61 Å². The molecule has 0 aliphatic heterocycles. The van der Waals surface area contributed by atoms with Gasteiger partial charge in [0.05, 0.1) is 6.61 Å². The lowest BCUT2D eigenvalue weighted by molar-refractivity contribution is -0.118. The van der Waals surface area contributed by atoms with Crippen molar-refractivity contribution in [3.8, 4) is 0 Å². The summed E-state index contributed by atoms with van der Waals surface area (Å²) in [6.07, 6.45) is 5.56. The molecule has 0 unspecified atom stereocenters. The van der Waals surface area contributed by atoms with Crippen LogP contribution in [0.5, 0.6) is 0 Å². The highest BCUT2D eigenvalue weighted by atomic mass is 16.5. The standard InChI is InChI=1S/C8H10O3/c9-5-6-11-8-4-2-1-3-7(8)10/h1-2,4,9H,3,5-6H2. The van der Waals surface area contributed by atoms with Crippen LogP contribution < -0.4 is 0 Å². The van der Waals surface area contributed by atoms with Crippen LogP contribution >= 0.6 is 0 Å². The van der Waals surface area contributed by atoms with Gasteiger partial charge in [-0.15, -0.1) is 0 Å². The van der Waals surface area contributed by atoms with Gasteiger partial charge < -0.3 is 9.84 Å². The summed E-state index contributed by atoms with van der Waals surface area (Å²) in [5.74, 6) is 0.322. The third kappa shape index (κ3) is 2.20. The third-order valence-corrected chi connectivity index (χ3v) is 1.31. The van der Waals surface area contributed by atoms with Crippen molar-refractivity contribution in [2.45, 2.75) is 6.42 Å². The second-order valence-corrected chi connectivity index (χ2v) is 2.16. The number of allylic oxidation sites excluding steroid dienone is 4. The molecule has 1 N–H and O–H groups in total. The van der Waals surface area contributed by atoms with Crippen LogP contribution in [0.25, 0.3) is 0 Å². The Kier molecular flexibility index (Phi) is 2.86. The van der Waals surface area contributed by atoms with Crippen molar-refractivity contribution in [3.05, 3.63) is 24.0 Å². The smallest absolute Gasteiger partial charge is 0.201 e. The molecule has 0 aromatic rings. The molecule has 0 bridgehead atoms. The molecule has 0 aromatic heterocycles. The molecule has 0 saturated carbocycles. The third-order valence-electron chi connectivity index (χ3n) is 1.31. The number of aliphatic hydroxyl groups is 1. The van der Waals surface area contributed by atoms with Gasteiger partial charge in [0.15, 0.2) is 5.76 Å². The number of hydrogen-bond acceptors (Lipinski definition) is 3. The first-order chi connectivity index (χ1) is 5.34. The van der Waals surface area contributed by atoms with Gasteiger partial charge in [-0.2, -0.15) is 0 Å². The summed E-state index contributed by atoms with van der Waals surface area (Å²) >= 11 is 0. The predicted molar refractivity (Wildman–Crippen MR) is 39.9 cm³/mol. The normalized spacial score (nSPS) is 16.5. The largest absolute Gasteiger partial charge is 0.487 e. The van der Waals surface area contributed by atoms with Crippen LogP contribution in [0.1, 0.15) is 6.42 Å². The van der Waals surface area contributed by atoms with Gasteiger partial charge in [-0.05, 0) is 6.08 Å². The number of carbonyl (C=O) groups excluding carboxylic acids is 1. The zero-order valence-corrected chi connectivity index (χ0v) is 6.12. The van der Waals surface area contributed by atoms with E-state index in [4.69, 9.17) is 9.84 Å². The molecule has 0 radical (unpaired) electrons. The minimum Gasteiger partial charge on any atom is -0.487 e. The summed E-state index contributed by atoms with van der Waals surface area (Å²) < 4.78 is 4.95. The SMILES string of the molecule is O=C1CC=CC=C1OCCO. The van der Waals surface area contributed by atoms with E-state index in [9.17, 15) is 4.79 Å². The van der Waals surface area contributed by atoms with Crippen LogP contribution in [0.3, 0.4) is 0 Å². The first-order valence-corrected chi connectivity index (χ1v) is 3.48. The van der Waals surface area contributed by atoms with Crippen LogP contribution in [0.15, 0.2) is 24.0 Å². The lowest BCUT2D eigenvalue weighted by Crippen LogP contribution is -2.09. The molecule has 0 aromatic carbocycles. The van der Waals surface area contributed by atoms with E-state index in [0.717, 1.165) is 0 Å². The Bertz CT molecular complexity index is 203. The topological polar surface area (TPSA) is 46.5 Å². The minimum atomic E-state index is -0.0612. The average molecular weight is 154 g/mol. The second-order valence-electron chi connectivity index (χ2n) is 2.16. The number of ketones is 1. The highest BCUT2D eigenvalue weighted by molar-refractivity contribution is 5.95. The van der Waals surface area contributed by atoms with Crippen molar-refractivity contribution in [1.29, 1.82) is 0 Å². The van der Waals surface area contributed by atoms with Crippen molar-refractivity contribution in [1.82, 2.24) is 0 Å². The molecular weight excluding hydrogens is 144 g/mol. The Hall–Kier alpha value is -1.09. The number of carbonyl (C=O) groups is 1. The summed E-state index contributed by atoms with van der Waals surface area (Å²) in [7, 11) is 0. The van der Waals surface area contributed by atoms with Crippen molar-refractivity contribution in [2.75, 3.05) is 13.2 Å². The molecule has 60 valence electrons. The van der Waals surface area contributed by atoms with Gasteiger partial charge in [-0.3, -0.25) is 4.79 Å². The van der Waals surface area contributed by atoms with E-state index >= 15 is 0 Å². The maximum absolute atomic E-state index is 11.0. The van der Waals surface area contributed by atoms with Crippen molar-refractivity contribution < 1.29 is 14.6 Å². The summed E-state index contributed by atoms with van der Waals surface area (Å²) in [4.78, 5) is 11.0. The van der Waals surface area contributed by atoms with Gasteiger partial charge in [0.2, 0.25) is 5.78 Å². The monoisotopic (exact) mass is 154 g/mol. The fourth-order valence-electron chi connectivity index (χ4n) is 0.808. The van der Waals surface area contributed by atoms with E-state index < -0.39 is 0 Å². The van der Waals surface area contributed by atoms with Gasteiger partial charge in [-0.1, -0.05) is 12.2 Å². The molecule has 0 amide bonds. The van der Waals surface area contributed by atoms with Crippen LogP contribution in [-0.2, 0) is 9.53 Å². The maximum atomic E-state index is 11.0. The van der Waals surface area contributed by atoms with Crippen molar-refractivity contribution in [2.24, 2.45) is 0 Å². The van der Waals surface area contributed by atoms with Crippen LogP contribution in [-0.4, -0.2) is 24.1 Å². The predicted octanol–water partition coefficient (Wildman–Crippen LogP) is 0.408. The van der Waals surface area contributed by atoms with E-state index in [-0.39, 0.29) is 19.0 Å². The van der Waals surface area contributed by atoms with Gasteiger partial charge in [-0.25, -0.2) is 0 Å². The number of ether oxygens (including phenoxy) is 1. The second kappa shape index (κ2) is 3.93. The summed E-state index contributed by atoms with van der Waals surface area (Å²) in [5, 5.41) is 8.40. The summed E-state index contributed by atoms with van der Waals surface area (Å²) in [6.45, 7) is 0.125. The Morgan fingerprint density at radius 1 is 1.64 bits per heavy atom. The minimum absolute atomic E-state index is 0.0269. The van der Waals surface area contributed by atoms with Crippen molar-refractivity contribution in [3.63, 3.8) is 0 Å². The maximum Gasteiger partial charge on any atom is 0.201 e. The fraction of sp³-hybridized carbons (Fsp3) is 0.375. The lowest BCUT2D eigenvalue weighted by Gasteiger charge is -2.08. The fourth-order valence-corrected chi connectivity index (χ4v) is 0.808. The molecular formula is C8H10O3. The average Bonchev–Trinajstić information content (AvgIpc) is 2.03. The number of hydrogen-bond donors (Lipinski definition) is 1. The van der Waals surface area contributed by atoms with E-state index in [2.05, 4.69) is 0 Å². The highest BCUT2D eigenvalue weighted by Crippen LogP contribution is 2.08. The van der Waals surface area contributed by atoms with E-state index in [1.807, 2.05) is 0 Å². The van der Waals surface area contributed by atoms with Crippen LogP contribution in [0, 0.1) is 0 Å². The molecule has 3 nitrogen and oxygen atoms in total. The summed E-state index contributed by atoms with van der Waals surface area (Å²) in [5.41, 5.74) is 0.